The summed E-state index contributed by atoms with van der Waals surface area (Å²) < 4.78 is 1.09. The molecular formula is C17H17BrN2O. The smallest absolute Gasteiger partial charge is 0.253 e. The number of halogens is 1. The number of piperazine rings is 1. The van der Waals surface area contributed by atoms with Gasteiger partial charge < -0.3 is 9.80 Å². The van der Waals surface area contributed by atoms with Crippen LogP contribution >= 0.6 is 15.9 Å². The molecule has 21 heavy (non-hydrogen) atoms. The van der Waals surface area contributed by atoms with Crippen molar-refractivity contribution in [3.05, 3.63) is 64.6 Å². The van der Waals surface area contributed by atoms with Crippen molar-refractivity contribution in [2.45, 2.75) is 0 Å². The van der Waals surface area contributed by atoms with Crippen LogP contribution in [0.5, 0.6) is 0 Å². The number of amides is 1. The number of carbonyl (C=O) groups excluding carboxylic acids is 1. The number of hydrogen-bond donors (Lipinski definition) is 0. The third-order valence-corrected chi connectivity index (χ3v) is 4.31. The third kappa shape index (κ3) is 3.27. The molecule has 0 atom stereocenters. The van der Waals surface area contributed by atoms with Gasteiger partial charge in [0.2, 0.25) is 0 Å². The van der Waals surface area contributed by atoms with E-state index in [2.05, 4.69) is 45.1 Å². The Bertz CT molecular complexity index is 604. The fourth-order valence-corrected chi connectivity index (χ4v) is 2.85. The molecular weight excluding hydrogens is 328 g/mol. The van der Waals surface area contributed by atoms with Crippen LogP contribution in [0.2, 0.25) is 0 Å². The van der Waals surface area contributed by atoms with Crippen molar-refractivity contribution in [1.29, 1.82) is 0 Å². The number of nitrogens with zero attached hydrogens (tertiary/aromatic N) is 2. The van der Waals surface area contributed by atoms with Gasteiger partial charge in [-0.2, -0.15) is 0 Å². The summed E-state index contributed by atoms with van der Waals surface area (Å²) in [6.45, 7) is 3.29. The zero-order valence-corrected chi connectivity index (χ0v) is 13.3. The van der Waals surface area contributed by atoms with Crippen LogP contribution in [0.4, 0.5) is 5.69 Å². The molecule has 0 unspecified atom stereocenters. The first-order valence-corrected chi connectivity index (χ1v) is 7.88. The third-order valence-electron chi connectivity index (χ3n) is 3.78. The Morgan fingerprint density at radius 1 is 0.857 bits per heavy atom. The lowest BCUT2D eigenvalue weighted by molar-refractivity contribution is 0.0747. The summed E-state index contributed by atoms with van der Waals surface area (Å²) in [7, 11) is 0. The Balaban J connectivity index is 1.63. The largest absolute Gasteiger partial charge is 0.368 e. The molecule has 0 radical (unpaired) electrons. The van der Waals surface area contributed by atoms with Crippen LogP contribution < -0.4 is 4.90 Å². The predicted octanol–water partition coefficient (Wildman–Crippen LogP) is 3.41. The Hall–Kier alpha value is -1.81. The van der Waals surface area contributed by atoms with Gasteiger partial charge in [0.15, 0.2) is 0 Å². The fraction of sp³-hybridized carbons (Fsp3) is 0.235. The Kier molecular flexibility index (Phi) is 4.25. The van der Waals surface area contributed by atoms with Crippen molar-refractivity contribution in [3.8, 4) is 0 Å². The van der Waals surface area contributed by atoms with Gasteiger partial charge in [0.25, 0.3) is 5.91 Å². The van der Waals surface area contributed by atoms with Gasteiger partial charge >= 0.3 is 0 Å². The van der Waals surface area contributed by atoms with E-state index in [0.717, 1.165) is 36.2 Å². The molecule has 1 heterocycles. The summed E-state index contributed by atoms with van der Waals surface area (Å²) in [5.74, 6) is 0.131. The van der Waals surface area contributed by atoms with Gasteiger partial charge in [0, 0.05) is 41.9 Å². The Morgan fingerprint density at radius 2 is 1.48 bits per heavy atom. The second kappa shape index (κ2) is 6.31. The van der Waals surface area contributed by atoms with E-state index in [1.54, 1.807) is 0 Å². The van der Waals surface area contributed by atoms with Crippen LogP contribution in [0.1, 0.15) is 10.4 Å². The Morgan fingerprint density at radius 3 is 2.10 bits per heavy atom. The van der Waals surface area contributed by atoms with Crippen molar-refractivity contribution in [1.82, 2.24) is 4.90 Å². The molecule has 1 fully saturated rings. The molecule has 1 aliphatic rings. The first-order valence-electron chi connectivity index (χ1n) is 7.09. The van der Waals surface area contributed by atoms with Crippen LogP contribution in [-0.2, 0) is 0 Å². The van der Waals surface area contributed by atoms with Gasteiger partial charge in [0.05, 0.1) is 0 Å². The summed E-state index contributed by atoms with van der Waals surface area (Å²) in [4.78, 5) is 16.6. The molecule has 2 aromatic carbocycles. The number of benzene rings is 2. The van der Waals surface area contributed by atoms with E-state index in [1.165, 1.54) is 5.69 Å². The summed E-state index contributed by atoms with van der Waals surface area (Å²) >= 11 is 3.45. The number of anilines is 1. The molecule has 0 aliphatic carbocycles. The van der Waals surface area contributed by atoms with Crippen LogP contribution in [-0.4, -0.2) is 37.0 Å². The van der Waals surface area contributed by atoms with Crippen molar-refractivity contribution >= 4 is 27.5 Å². The molecule has 3 nitrogen and oxygen atoms in total. The number of carbonyl (C=O) groups is 1. The van der Waals surface area contributed by atoms with Crippen molar-refractivity contribution in [2.75, 3.05) is 31.1 Å². The van der Waals surface area contributed by atoms with E-state index < -0.39 is 0 Å². The summed E-state index contributed by atoms with van der Waals surface area (Å²) in [6, 6.07) is 17.8. The van der Waals surface area contributed by atoms with Crippen LogP contribution in [0.15, 0.2) is 59.1 Å². The zero-order chi connectivity index (χ0) is 14.7. The van der Waals surface area contributed by atoms with E-state index >= 15 is 0 Å². The topological polar surface area (TPSA) is 23.6 Å². The minimum absolute atomic E-state index is 0.131. The molecule has 1 amide bonds. The van der Waals surface area contributed by atoms with E-state index in [-0.39, 0.29) is 5.91 Å². The second-order valence-corrected chi connectivity index (χ2v) is 6.04. The molecule has 4 heteroatoms. The first kappa shape index (κ1) is 14.1. The normalized spacial score (nSPS) is 15.1. The molecule has 0 N–H and O–H groups in total. The van der Waals surface area contributed by atoms with Crippen molar-refractivity contribution in [3.63, 3.8) is 0 Å². The minimum Gasteiger partial charge on any atom is -0.368 e. The molecule has 108 valence electrons. The monoisotopic (exact) mass is 344 g/mol. The summed E-state index contributed by atoms with van der Waals surface area (Å²) in [5.41, 5.74) is 1.99. The predicted molar refractivity (Wildman–Crippen MR) is 88.7 cm³/mol. The maximum Gasteiger partial charge on any atom is 0.253 e. The molecule has 0 spiro atoms. The maximum absolute atomic E-state index is 12.4. The highest BCUT2D eigenvalue weighted by atomic mass is 79.9. The standard InChI is InChI=1S/C17H17BrN2O/c18-15-6-8-16(9-7-15)19-10-12-20(13-11-19)17(21)14-4-2-1-3-5-14/h1-9H,10-13H2. The lowest BCUT2D eigenvalue weighted by Crippen LogP contribution is -2.48. The number of hydrogen-bond acceptors (Lipinski definition) is 2. The zero-order valence-electron chi connectivity index (χ0n) is 11.7. The molecule has 0 bridgehead atoms. The highest BCUT2D eigenvalue weighted by Crippen LogP contribution is 2.20. The van der Waals surface area contributed by atoms with Crippen molar-refractivity contribution in [2.24, 2.45) is 0 Å². The highest BCUT2D eigenvalue weighted by molar-refractivity contribution is 9.10. The molecule has 0 aromatic heterocycles. The maximum atomic E-state index is 12.4. The van der Waals surface area contributed by atoms with E-state index in [0.29, 0.717) is 0 Å². The van der Waals surface area contributed by atoms with Gasteiger partial charge in [-0.3, -0.25) is 4.79 Å². The van der Waals surface area contributed by atoms with E-state index in [4.69, 9.17) is 0 Å². The lowest BCUT2D eigenvalue weighted by atomic mass is 10.1. The van der Waals surface area contributed by atoms with Gasteiger partial charge in [-0.05, 0) is 36.4 Å². The van der Waals surface area contributed by atoms with Gasteiger partial charge in [-0.15, -0.1) is 0 Å². The highest BCUT2D eigenvalue weighted by Gasteiger charge is 2.21. The molecule has 1 aliphatic heterocycles. The summed E-state index contributed by atoms with van der Waals surface area (Å²) in [5, 5.41) is 0. The van der Waals surface area contributed by atoms with Crippen molar-refractivity contribution < 1.29 is 4.79 Å². The lowest BCUT2D eigenvalue weighted by Gasteiger charge is -2.36. The minimum atomic E-state index is 0.131. The molecule has 1 saturated heterocycles. The van der Waals surface area contributed by atoms with Crippen LogP contribution in [0, 0.1) is 0 Å². The second-order valence-electron chi connectivity index (χ2n) is 5.12. The average molecular weight is 345 g/mol. The fourth-order valence-electron chi connectivity index (χ4n) is 2.58. The molecule has 2 aromatic rings. The first-order chi connectivity index (χ1) is 10.2. The number of rotatable bonds is 2. The average Bonchev–Trinajstić information content (AvgIpc) is 2.56. The van der Waals surface area contributed by atoms with Crippen LogP contribution in [0.3, 0.4) is 0 Å². The quantitative estimate of drug-likeness (QED) is 0.833. The van der Waals surface area contributed by atoms with Crippen LogP contribution in [0.25, 0.3) is 0 Å². The van der Waals surface area contributed by atoms with E-state index in [9.17, 15) is 4.79 Å². The summed E-state index contributed by atoms with van der Waals surface area (Å²) in [6.07, 6.45) is 0. The van der Waals surface area contributed by atoms with Gasteiger partial charge in [-0.25, -0.2) is 0 Å². The Labute approximate surface area is 133 Å². The molecule has 3 rings (SSSR count). The SMILES string of the molecule is O=C(c1ccccc1)N1CCN(c2ccc(Br)cc2)CC1. The van der Waals surface area contributed by atoms with E-state index in [1.807, 2.05) is 35.2 Å². The molecule has 0 saturated carbocycles. The van der Waals surface area contributed by atoms with Gasteiger partial charge in [-0.1, -0.05) is 34.1 Å². The van der Waals surface area contributed by atoms with Gasteiger partial charge in [0.1, 0.15) is 0 Å².